The van der Waals surface area contributed by atoms with Gasteiger partial charge < -0.3 is 9.57 Å². The second-order valence-electron chi connectivity index (χ2n) is 6.58. The van der Waals surface area contributed by atoms with Crippen LogP contribution in [0.4, 0.5) is 23.2 Å². The van der Waals surface area contributed by atoms with Gasteiger partial charge in [0.2, 0.25) is 0 Å². The van der Waals surface area contributed by atoms with Gasteiger partial charge in [-0.05, 0) is 55.8 Å². The SMILES string of the molecule is CCCC(=O)OCN(c1ccc(Cl)cc1/C(C)=N/Oc1ccc(F)cc1)S(=O)(=O)C(F)(F)F. The number of hydrogen-bond donors (Lipinski definition) is 0. The second kappa shape index (κ2) is 10.8. The second-order valence-corrected chi connectivity index (χ2v) is 8.87. The van der Waals surface area contributed by atoms with Crippen molar-refractivity contribution >= 4 is 39.0 Å². The Kier molecular flexibility index (Phi) is 8.67. The van der Waals surface area contributed by atoms with Crippen LogP contribution in [-0.2, 0) is 19.6 Å². The van der Waals surface area contributed by atoms with E-state index in [4.69, 9.17) is 21.2 Å². The van der Waals surface area contributed by atoms with Crippen LogP contribution < -0.4 is 9.14 Å². The third-order valence-corrected chi connectivity index (χ3v) is 5.80. The number of halogens is 5. The standard InChI is InChI=1S/C20H19ClF4N2O5S/c1-3-4-19(28)31-12-27(33(29,30)20(23,24)25)18-10-5-14(21)11-17(18)13(2)26-32-16-8-6-15(22)7-9-16/h5-11H,3-4,12H2,1-2H3/b26-13+. The topological polar surface area (TPSA) is 85.3 Å². The molecular formula is C20H19ClF4N2O5S. The molecule has 0 saturated carbocycles. The summed E-state index contributed by atoms with van der Waals surface area (Å²) in [7, 11) is -5.97. The van der Waals surface area contributed by atoms with Gasteiger partial charge in [0.25, 0.3) is 0 Å². The molecule has 0 N–H and O–H groups in total. The Morgan fingerprint density at radius 2 is 1.79 bits per heavy atom. The van der Waals surface area contributed by atoms with Crippen molar-refractivity contribution in [2.75, 3.05) is 11.0 Å². The highest BCUT2D eigenvalue weighted by atomic mass is 35.5. The number of sulfonamides is 1. The average Bonchev–Trinajstić information content (AvgIpc) is 2.73. The van der Waals surface area contributed by atoms with E-state index in [0.29, 0.717) is 6.42 Å². The van der Waals surface area contributed by atoms with Gasteiger partial charge in [0.1, 0.15) is 5.82 Å². The zero-order valence-electron chi connectivity index (χ0n) is 17.4. The lowest BCUT2D eigenvalue weighted by Crippen LogP contribution is -2.43. The smallest absolute Gasteiger partial charge is 0.443 e. The van der Waals surface area contributed by atoms with E-state index in [9.17, 15) is 30.8 Å². The molecule has 13 heteroatoms. The molecule has 2 aromatic carbocycles. The first kappa shape index (κ1) is 26.4. The Labute approximate surface area is 192 Å². The molecule has 33 heavy (non-hydrogen) atoms. The summed E-state index contributed by atoms with van der Waals surface area (Å²) in [6, 6.07) is 8.10. The Hall–Kier alpha value is -2.86. The van der Waals surface area contributed by atoms with E-state index >= 15 is 0 Å². The Bertz CT molecular complexity index is 1120. The molecule has 0 unspecified atom stereocenters. The number of ether oxygens (including phenoxy) is 1. The molecule has 0 amide bonds. The van der Waals surface area contributed by atoms with Gasteiger partial charge in [-0.15, -0.1) is 0 Å². The van der Waals surface area contributed by atoms with Crippen LogP contribution >= 0.6 is 11.6 Å². The predicted octanol–water partition coefficient (Wildman–Crippen LogP) is 5.24. The summed E-state index contributed by atoms with van der Waals surface area (Å²) in [6.45, 7) is 1.76. The lowest BCUT2D eigenvalue weighted by atomic mass is 10.1. The third kappa shape index (κ3) is 6.81. The first-order chi connectivity index (χ1) is 15.4. The minimum Gasteiger partial charge on any atom is -0.443 e. The molecule has 0 aliphatic heterocycles. The number of benzene rings is 2. The van der Waals surface area contributed by atoms with E-state index in [0.717, 1.165) is 18.2 Å². The highest BCUT2D eigenvalue weighted by Gasteiger charge is 2.51. The van der Waals surface area contributed by atoms with Crippen molar-refractivity contribution in [1.82, 2.24) is 0 Å². The Morgan fingerprint density at radius 3 is 2.36 bits per heavy atom. The van der Waals surface area contributed by atoms with Crippen LogP contribution in [0, 0.1) is 5.82 Å². The van der Waals surface area contributed by atoms with Crippen molar-refractivity contribution in [2.24, 2.45) is 5.16 Å². The highest BCUT2D eigenvalue weighted by molar-refractivity contribution is 7.93. The van der Waals surface area contributed by atoms with Crippen LogP contribution in [0.3, 0.4) is 0 Å². The van der Waals surface area contributed by atoms with Crippen LogP contribution in [0.15, 0.2) is 47.6 Å². The minimum atomic E-state index is -5.97. The number of alkyl halides is 3. The van der Waals surface area contributed by atoms with Crippen LogP contribution in [0.1, 0.15) is 32.3 Å². The zero-order valence-corrected chi connectivity index (χ0v) is 19.0. The van der Waals surface area contributed by atoms with E-state index in [-0.39, 0.29) is 32.8 Å². The van der Waals surface area contributed by atoms with Crippen molar-refractivity contribution in [3.05, 3.63) is 58.9 Å². The summed E-state index contributed by atoms with van der Waals surface area (Å²) in [6.07, 6.45) is 0.239. The Morgan fingerprint density at radius 1 is 1.15 bits per heavy atom. The quantitative estimate of drug-likeness (QED) is 0.151. The Balaban J connectivity index is 2.51. The predicted molar refractivity (Wildman–Crippen MR) is 114 cm³/mol. The molecule has 0 heterocycles. The molecule has 0 radical (unpaired) electrons. The summed E-state index contributed by atoms with van der Waals surface area (Å²) in [5, 5.41) is 3.84. The molecule has 0 saturated heterocycles. The van der Waals surface area contributed by atoms with Gasteiger partial charge >= 0.3 is 21.5 Å². The minimum absolute atomic E-state index is 0.0564. The van der Waals surface area contributed by atoms with Gasteiger partial charge in [-0.3, -0.25) is 4.79 Å². The summed E-state index contributed by atoms with van der Waals surface area (Å²) in [5.41, 5.74) is -6.37. The van der Waals surface area contributed by atoms with E-state index < -0.39 is 39.7 Å². The number of oxime groups is 1. The maximum absolute atomic E-state index is 13.4. The van der Waals surface area contributed by atoms with Crippen LogP contribution in [0.2, 0.25) is 5.02 Å². The van der Waals surface area contributed by atoms with Crippen molar-refractivity contribution in [3.8, 4) is 5.75 Å². The first-order valence-electron chi connectivity index (χ1n) is 9.38. The summed E-state index contributed by atoms with van der Waals surface area (Å²) >= 11 is 5.96. The number of rotatable bonds is 9. The van der Waals surface area contributed by atoms with Crippen molar-refractivity contribution < 1.29 is 40.3 Å². The summed E-state index contributed by atoms with van der Waals surface area (Å²) < 4.78 is 82.3. The molecule has 0 spiro atoms. The number of carbonyl (C=O) groups excluding carboxylic acids is 1. The molecule has 2 rings (SSSR count). The fourth-order valence-electron chi connectivity index (χ4n) is 2.48. The normalized spacial score (nSPS) is 12.4. The number of esters is 1. The van der Waals surface area contributed by atoms with Gasteiger partial charge in [-0.25, -0.2) is 8.70 Å². The first-order valence-corrected chi connectivity index (χ1v) is 11.2. The number of nitrogens with zero attached hydrogens (tertiary/aromatic N) is 2. The van der Waals surface area contributed by atoms with Crippen LogP contribution in [0.5, 0.6) is 5.75 Å². The van der Waals surface area contributed by atoms with Gasteiger partial charge in [0.15, 0.2) is 12.5 Å². The summed E-state index contributed by atoms with van der Waals surface area (Å²) in [4.78, 5) is 16.8. The average molecular weight is 511 g/mol. The monoisotopic (exact) mass is 510 g/mol. The molecule has 2 aromatic rings. The third-order valence-electron chi connectivity index (χ3n) is 4.10. The molecule has 0 aliphatic carbocycles. The largest absolute Gasteiger partial charge is 0.516 e. The van der Waals surface area contributed by atoms with Crippen molar-refractivity contribution in [3.63, 3.8) is 0 Å². The fraction of sp³-hybridized carbons (Fsp3) is 0.300. The van der Waals surface area contributed by atoms with E-state index in [1.807, 2.05) is 0 Å². The molecule has 0 atom stereocenters. The molecular weight excluding hydrogens is 492 g/mol. The molecule has 0 fully saturated rings. The molecule has 7 nitrogen and oxygen atoms in total. The number of hydrogen-bond acceptors (Lipinski definition) is 6. The van der Waals surface area contributed by atoms with Gasteiger partial charge in [0, 0.05) is 17.0 Å². The highest BCUT2D eigenvalue weighted by Crippen LogP contribution is 2.34. The van der Waals surface area contributed by atoms with Gasteiger partial charge in [-0.1, -0.05) is 23.7 Å². The fourth-order valence-corrected chi connectivity index (χ4v) is 3.51. The maximum Gasteiger partial charge on any atom is 0.516 e. The number of carbonyl (C=O) groups is 1. The van der Waals surface area contributed by atoms with E-state index in [1.165, 1.54) is 31.2 Å². The van der Waals surface area contributed by atoms with Crippen LogP contribution in [-0.4, -0.2) is 32.3 Å². The number of anilines is 1. The van der Waals surface area contributed by atoms with Crippen molar-refractivity contribution in [1.29, 1.82) is 0 Å². The maximum atomic E-state index is 13.4. The lowest BCUT2D eigenvalue weighted by Gasteiger charge is -2.26. The van der Waals surface area contributed by atoms with E-state index in [2.05, 4.69) is 5.16 Å². The molecule has 0 aromatic heterocycles. The van der Waals surface area contributed by atoms with E-state index in [1.54, 1.807) is 6.92 Å². The molecule has 0 aliphatic rings. The van der Waals surface area contributed by atoms with Crippen molar-refractivity contribution in [2.45, 2.75) is 32.2 Å². The van der Waals surface area contributed by atoms with Gasteiger partial charge in [0.05, 0.1) is 11.4 Å². The van der Waals surface area contributed by atoms with Gasteiger partial charge in [-0.2, -0.15) is 21.6 Å². The summed E-state index contributed by atoms with van der Waals surface area (Å²) in [5.74, 6) is -1.28. The molecule has 0 bridgehead atoms. The molecule has 180 valence electrons. The zero-order chi connectivity index (χ0) is 24.8. The van der Waals surface area contributed by atoms with Crippen LogP contribution in [0.25, 0.3) is 0 Å². The lowest BCUT2D eigenvalue weighted by molar-refractivity contribution is -0.143.